The van der Waals surface area contributed by atoms with Crippen molar-refractivity contribution in [2.24, 2.45) is 7.05 Å². The van der Waals surface area contributed by atoms with E-state index < -0.39 is 0 Å². The van der Waals surface area contributed by atoms with Crippen LogP contribution in [0.2, 0.25) is 0 Å². The van der Waals surface area contributed by atoms with Gasteiger partial charge in [0.25, 0.3) is 0 Å². The van der Waals surface area contributed by atoms with E-state index in [1.807, 2.05) is 41.6 Å². The number of hydrogen-bond donors (Lipinski definition) is 0. The molecule has 1 aliphatic heterocycles. The van der Waals surface area contributed by atoms with Crippen molar-refractivity contribution in [3.63, 3.8) is 0 Å². The number of thioether (sulfide) groups is 1. The summed E-state index contributed by atoms with van der Waals surface area (Å²) in [6.45, 7) is 5.20. The van der Waals surface area contributed by atoms with Crippen LogP contribution in [0, 0.1) is 0 Å². The zero-order chi connectivity index (χ0) is 16.2. The maximum atomic E-state index is 12.6. The first kappa shape index (κ1) is 15.9. The summed E-state index contributed by atoms with van der Waals surface area (Å²) in [6, 6.07) is 10.3. The van der Waals surface area contributed by atoms with Gasteiger partial charge in [0.05, 0.1) is 5.25 Å². The lowest BCUT2D eigenvalue weighted by molar-refractivity contribution is -0.130. The van der Waals surface area contributed by atoms with Crippen molar-refractivity contribution >= 4 is 23.4 Å². The highest BCUT2D eigenvalue weighted by atomic mass is 32.2. The van der Waals surface area contributed by atoms with E-state index in [2.05, 4.69) is 27.2 Å². The molecule has 1 atom stereocenters. The molecule has 1 fully saturated rings. The van der Waals surface area contributed by atoms with Gasteiger partial charge in [-0.05, 0) is 19.1 Å². The van der Waals surface area contributed by atoms with Crippen LogP contribution in [0.25, 0.3) is 0 Å². The van der Waals surface area contributed by atoms with Crippen LogP contribution in [0.4, 0.5) is 5.69 Å². The van der Waals surface area contributed by atoms with Gasteiger partial charge in [-0.1, -0.05) is 30.0 Å². The Morgan fingerprint density at radius 2 is 1.87 bits per heavy atom. The van der Waals surface area contributed by atoms with E-state index in [0.29, 0.717) is 0 Å². The molecule has 0 bridgehead atoms. The lowest BCUT2D eigenvalue weighted by Gasteiger charge is -2.37. The minimum Gasteiger partial charge on any atom is -0.368 e. The summed E-state index contributed by atoms with van der Waals surface area (Å²) in [5, 5.41) is 8.50. The van der Waals surface area contributed by atoms with Gasteiger partial charge < -0.3 is 14.4 Å². The zero-order valence-corrected chi connectivity index (χ0v) is 14.2. The van der Waals surface area contributed by atoms with Crippen molar-refractivity contribution in [3.05, 3.63) is 36.7 Å². The van der Waals surface area contributed by atoms with Crippen LogP contribution in [-0.2, 0) is 11.8 Å². The first-order chi connectivity index (χ1) is 11.1. The number of amides is 1. The minimum atomic E-state index is -0.152. The SMILES string of the molecule is C[C@@H](Sc1nncn1C)C(=O)N1CCN(c2ccccc2)CC1. The third-order valence-corrected chi connectivity index (χ3v) is 5.15. The number of benzene rings is 1. The highest BCUT2D eigenvalue weighted by Crippen LogP contribution is 2.23. The number of nitrogens with zero attached hydrogens (tertiary/aromatic N) is 5. The molecule has 7 heteroatoms. The number of piperazine rings is 1. The summed E-state index contributed by atoms with van der Waals surface area (Å²) < 4.78 is 1.84. The standard InChI is InChI=1S/C16H21N5OS/c1-13(23-16-18-17-12-19(16)2)15(22)21-10-8-20(9-11-21)14-6-4-3-5-7-14/h3-7,12-13H,8-11H2,1-2H3/t13-/m1/s1. The first-order valence-electron chi connectivity index (χ1n) is 7.74. The topological polar surface area (TPSA) is 54.3 Å². The average molecular weight is 331 g/mol. The Morgan fingerprint density at radius 3 is 2.48 bits per heavy atom. The van der Waals surface area contributed by atoms with Crippen LogP contribution in [0.1, 0.15) is 6.92 Å². The van der Waals surface area contributed by atoms with Gasteiger partial charge in [0.15, 0.2) is 5.16 Å². The van der Waals surface area contributed by atoms with Crippen molar-refractivity contribution < 1.29 is 4.79 Å². The third kappa shape index (κ3) is 3.67. The highest BCUT2D eigenvalue weighted by molar-refractivity contribution is 8.00. The number of hydrogen-bond acceptors (Lipinski definition) is 5. The molecule has 6 nitrogen and oxygen atoms in total. The van der Waals surface area contributed by atoms with Crippen LogP contribution in [0.15, 0.2) is 41.8 Å². The Labute approximate surface area is 140 Å². The molecule has 0 saturated carbocycles. The quantitative estimate of drug-likeness (QED) is 0.797. The number of para-hydroxylation sites is 1. The fourth-order valence-electron chi connectivity index (χ4n) is 2.67. The van der Waals surface area contributed by atoms with Crippen LogP contribution >= 0.6 is 11.8 Å². The molecule has 1 amide bonds. The Hall–Kier alpha value is -2.02. The van der Waals surface area contributed by atoms with E-state index in [4.69, 9.17) is 0 Å². The molecule has 1 aromatic heterocycles. The minimum absolute atomic E-state index is 0.152. The van der Waals surface area contributed by atoms with Gasteiger partial charge in [0.1, 0.15) is 6.33 Å². The van der Waals surface area contributed by atoms with Gasteiger partial charge >= 0.3 is 0 Å². The van der Waals surface area contributed by atoms with E-state index in [1.165, 1.54) is 17.4 Å². The van der Waals surface area contributed by atoms with Crippen molar-refractivity contribution in [3.8, 4) is 0 Å². The normalized spacial score (nSPS) is 16.4. The van der Waals surface area contributed by atoms with Gasteiger partial charge in [-0.3, -0.25) is 4.79 Å². The maximum Gasteiger partial charge on any atom is 0.236 e. The number of aromatic nitrogens is 3. The second-order valence-electron chi connectivity index (χ2n) is 5.63. The average Bonchev–Trinajstić information content (AvgIpc) is 3.00. The summed E-state index contributed by atoms with van der Waals surface area (Å²) in [5.41, 5.74) is 1.22. The monoisotopic (exact) mass is 331 g/mol. The van der Waals surface area contributed by atoms with Crippen molar-refractivity contribution in [2.75, 3.05) is 31.1 Å². The molecule has 0 aliphatic carbocycles. The molecule has 0 unspecified atom stereocenters. The van der Waals surface area contributed by atoms with Crippen LogP contribution in [0.3, 0.4) is 0 Å². The smallest absolute Gasteiger partial charge is 0.236 e. The Bertz CT molecular complexity index is 652. The molecular weight excluding hydrogens is 310 g/mol. The molecule has 2 heterocycles. The van der Waals surface area contributed by atoms with Crippen LogP contribution in [0.5, 0.6) is 0 Å². The largest absolute Gasteiger partial charge is 0.368 e. The first-order valence-corrected chi connectivity index (χ1v) is 8.62. The summed E-state index contributed by atoms with van der Waals surface area (Å²) >= 11 is 1.46. The fraction of sp³-hybridized carbons (Fsp3) is 0.438. The Balaban J connectivity index is 1.55. The second-order valence-corrected chi connectivity index (χ2v) is 6.94. The molecule has 0 N–H and O–H groups in total. The predicted octanol–water partition coefficient (Wildman–Crippen LogP) is 1.64. The summed E-state index contributed by atoms with van der Waals surface area (Å²) in [6.07, 6.45) is 1.65. The zero-order valence-electron chi connectivity index (χ0n) is 13.4. The second kappa shape index (κ2) is 7.04. The molecule has 1 aromatic carbocycles. The molecule has 1 saturated heterocycles. The predicted molar refractivity (Wildman–Crippen MR) is 91.6 cm³/mol. The van der Waals surface area contributed by atoms with Crippen LogP contribution < -0.4 is 4.90 Å². The summed E-state index contributed by atoms with van der Waals surface area (Å²) in [7, 11) is 1.89. The fourth-order valence-corrected chi connectivity index (χ4v) is 3.54. The highest BCUT2D eigenvalue weighted by Gasteiger charge is 2.26. The van der Waals surface area contributed by atoms with Crippen molar-refractivity contribution in [1.82, 2.24) is 19.7 Å². The molecular formula is C16H21N5OS. The van der Waals surface area contributed by atoms with Gasteiger partial charge in [0, 0.05) is 38.9 Å². The summed E-state index contributed by atoms with van der Waals surface area (Å²) in [4.78, 5) is 16.9. The molecule has 122 valence electrons. The number of carbonyl (C=O) groups excluding carboxylic acids is 1. The van der Waals surface area contributed by atoms with E-state index in [-0.39, 0.29) is 11.2 Å². The van der Waals surface area contributed by atoms with Crippen molar-refractivity contribution in [2.45, 2.75) is 17.3 Å². The lowest BCUT2D eigenvalue weighted by atomic mass is 10.2. The molecule has 3 rings (SSSR count). The molecule has 0 spiro atoms. The van der Waals surface area contributed by atoms with Gasteiger partial charge in [-0.2, -0.15) is 0 Å². The molecule has 2 aromatic rings. The molecule has 0 radical (unpaired) electrons. The van der Waals surface area contributed by atoms with Gasteiger partial charge in [0.2, 0.25) is 5.91 Å². The van der Waals surface area contributed by atoms with E-state index in [9.17, 15) is 4.79 Å². The van der Waals surface area contributed by atoms with Gasteiger partial charge in [-0.15, -0.1) is 10.2 Å². The van der Waals surface area contributed by atoms with Crippen molar-refractivity contribution in [1.29, 1.82) is 0 Å². The maximum absolute atomic E-state index is 12.6. The van der Waals surface area contributed by atoms with Gasteiger partial charge in [-0.25, -0.2) is 0 Å². The molecule has 23 heavy (non-hydrogen) atoms. The number of anilines is 1. The number of rotatable bonds is 4. The summed E-state index contributed by atoms with van der Waals surface area (Å²) in [5.74, 6) is 0.172. The molecule has 1 aliphatic rings. The number of carbonyl (C=O) groups is 1. The third-order valence-electron chi connectivity index (χ3n) is 4.01. The number of aryl methyl sites for hydroxylation is 1. The van der Waals surface area contributed by atoms with E-state index in [1.54, 1.807) is 6.33 Å². The Kier molecular flexibility index (Phi) is 4.85. The Morgan fingerprint density at radius 1 is 1.17 bits per heavy atom. The van der Waals surface area contributed by atoms with Crippen LogP contribution in [-0.4, -0.2) is 57.0 Å². The van der Waals surface area contributed by atoms with E-state index in [0.717, 1.165) is 31.3 Å². The van der Waals surface area contributed by atoms with E-state index >= 15 is 0 Å². The lowest BCUT2D eigenvalue weighted by Crippen LogP contribution is -2.50.